The van der Waals surface area contributed by atoms with Crippen molar-refractivity contribution in [2.75, 3.05) is 13.7 Å². The largest absolute Gasteiger partial charge is 0.483 e. The van der Waals surface area contributed by atoms with E-state index in [2.05, 4.69) is 15.9 Å². The molecular weight excluding hydrogens is 460 g/mol. The lowest BCUT2D eigenvalue weighted by molar-refractivity contribution is -0.132. The highest BCUT2D eigenvalue weighted by Crippen LogP contribution is 2.25. The molecule has 2 aromatic carbocycles. The number of nitrogens with two attached hydrogens (primary N) is 1. The number of hydrogen-bond acceptors (Lipinski definition) is 4. The van der Waals surface area contributed by atoms with Crippen LogP contribution in [0.1, 0.15) is 16.1 Å². The Morgan fingerprint density at radius 1 is 1.14 bits per heavy atom. The van der Waals surface area contributed by atoms with Gasteiger partial charge in [-0.1, -0.05) is 39.7 Å². The third kappa shape index (κ3) is 5.40. The van der Waals surface area contributed by atoms with E-state index in [0.29, 0.717) is 10.8 Å². The summed E-state index contributed by atoms with van der Waals surface area (Å²) >= 11 is 9.27. The van der Waals surface area contributed by atoms with Crippen LogP contribution in [0.15, 0.2) is 63.5 Å². The molecule has 0 saturated heterocycles. The Labute approximate surface area is 181 Å². The van der Waals surface area contributed by atoms with Crippen LogP contribution in [0, 0.1) is 0 Å². The van der Waals surface area contributed by atoms with Gasteiger partial charge in [-0.3, -0.25) is 9.59 Å². The number of hydrogen-bond donors (Lipinski definition) is 1. The van der Waals surface area contributed by atoms with Crippen molar-refractivity contribution in [3.05, 3.63) is 75.4 Å². The lowest BCUT2D eigenvalue weighted by Gasteiger charge is -2.17. The van der Waals surface area contributed by atoms with Crippen molar-refractivity contribution in [3.63, 3.8) is 0 Å². The molecule has 0 aliphatic rings. The summed E-state index contributed by atoms with van der Waals surface area (Å²) in [4.78, 5) is 25.4. The van der Waals surface area contributed by atoms with Gasteiger partial charge >= 0.3 is 0 Å². The number of ether oxygens (including phenoxy) is 1. The van der Waals surface area contributed by atoms with Gasteiger partial charge in [-0.25, -0.2) is 0 Å². The maximum absolute atomic E-state index is 12.4. The topological polar surface area (TPSA) is 85.8 Å². The van der Waals surface area contributed by atoms with Crippen LogP contribution in [0.2, 0.25) is 5.02 Å². The lowest BCUT2D eigenvalue weighted by Crippen LogP contribution is -2.31. The minimum Gasteiger partial charge on any atom is -0.483 e. The Kier molecular flexibility index (Phi) is 6.61. The number of nitrogens with zero attached hydrogens (tertiary/aromatic N) is 1. The Balaban J connectivity index is 1.60. The van der Waals surface area contributed by atoms with Crippen LogP contribution in [0.25, 0.3) is 11.3 Å². The third-order valence-corrected chi connectivity index (χ3v) is 4.93. The molecule has 0 atom stereocenters. The standard InChI is InChI=1S/C21H18BrClN2O4/c1-25(11-16-7-9-18(29-16)13-2-4-14(22)5-3-13)20(26)12-28-19-8-6-15(23)10-17(19)21(24)27/h2-10H,11-12H2,1H3,(H2,24,27). The second-order valence-corrected chi connectivity index (χ2v) is 7.67. The molecule has 3 aromatic rings. The molecule has 0 unspecified atom stereocenters. The first-order valence-electron chi connectivity index (χ1n) is 8.64. The summed E-state index contributed by atoms with van der Waals surface area (Å²) in [6.07, 6.45) is 0. The zero-order valence-electron chi connectivity index (χ0n) is 15.5. The van der Waals surface area contributed by atoms with Crippen molar-refractivity contribution < 1.29 is 18.7 Å². The quantitative estimate of drug-likeness (QED) is 0.543. The number of halogens is 2. The number of likely N-dealkylation sites (N-methyl/N-ethyl adjacent to an activating group) is 1. The first kappa shape index (κ1) is 21.0. The van der Waals surface area contributed by atoms with Crippen molar-refractivity contribution in [2.24, 2.45) is 5.73 Å². The highest BCUT2D eigenvalue weighted by Gasteiger charge is 2.16. The molecule has 8 heteroatoms. The molecule has 2 amide bonds. The predicted octanol–water partition coefficient (Wildman–Crippen LogP) is 4.50. The summed E-state index contributed by atoms with van der Waals surface area (Å²) in [7, 11) is 1.64. The van der Waals surface area contributed by atoms with Gasteiger partial charge in [0.15, 0.2) is 6.61 Å². The van der Waals surface area contributed by atoms with Crippen LogP contribution >= 0.6 is 27.5 Å². The zero-order chi connectivity index (χ0) is 21.0. The fourth-order valence-electron chi connectivity index (χ4n) is 2.62. The SMILES string of the molecule is CN(Cc1ccc(-c2ccc(Br)cc2)o1)C(=O)COc1ccc(Cl)cc1C(N)=O. The monoisotopic (exact) mass is 476 g/mol. The number of carbonyl (C=O) groups is 2. The minimum absolute atomic E-state index is 0.123. The second-order valence-electron chi connectivity index (χ2n) is 6.32. The van der Waals surface area contributed by atoms with Gasteiger partial charge in [-0.2, -0.15) is 0 Å². The first-order chi connectivity index (χ1) is 13.8. The second kappa shape index (κ2) is 9.15. The van der Waals surface area contributed by atoms with E-state index in [1.807, 2.05) is 36.4 Å². The molecule has 3 rings (SSSR count). The van der Waals surface area contributed by atoms with E-state index in [1.165, 1.54) is 17.0 Å². The van der Waals surface area contributed by atoms with Gasteiger partial charge in [0, 0.05) is 22.1 Å². The van der Waals surface area contributed by atoms with Gasteiger partial charge in [0.2, 0.25) is 0 Å². The van der Waals surface area contributed by atoms with E-state index in [1.54, 1.807) is 13.1 Å². The lowest BCUT2D eigenvalue weighted by atomic mass is 10.2. The molecule has 0 radical (unpaired) electrons. The summed E-state index contributed by atoms with van der Waals surface area (Å²) in [5.41, 5.74) is 6.39. The Hall–Kier alpha value is -2.77. The molecule has 6 nitrogen and oxygen atoms in total. The minimum atomic E-state index is -0.681. The van der Waals surface area contributed by atoms with Gasteiger partial charge in [0.1, 0.15) is 17.3 Å². The van der Waals surface area contributed by atoms with E-state index >= 15 is 0 Å². The number of furan rings is 1. The molecule has 0 spiro atoms. The molecule has 29 heavy (non-hydrogen) atoms. The number of primary amides is 1. The van der Waals surface area contributed by atoms with E-state index in [-0.39, 0.29) is 30.4 Å². The molecule has 0 bridgehead atoms. The summed E-state index contributed by atoms with van der Waals surface area (Å²) in [5, 5.41) is 0.356. The number of amides is 2. The Morgan fingerprint density at radius 2 is 1.86 bits per heavy atom. The molecule has 1 aromatic heterocycles. The van der Waals surface area contributed by atoms with Gasteiger partial charge in [-0.15, -0.1) is 0 Å². The highest BCUT2D eigenvalue weighted by molar-refractivity contribution is 9.10. The molecule has 2 N–H and O–H groups in total. The fraction of sp³-hybridized carbons (Fsp3) is 0.143. The van der Waals surface area contributed by atoms with Crippen molar-refractivity contribution in [3.8, 4) is 17.1 Å². The number of carbonyl (C=O) groups excluding carboxylic acids is 2. The molecule has 150 valence electrons. The fourth-order valence-corrected chi connectivity index (χ4v) is 3.06. The number of benzene rings is 2. The Morgan fingerprint density at radius 3 is 2.55 bits per heavy atom. The van der Waals surface area contributed by atoms with Gasteiger partial charge in [-0.05, 0) is 42.5 Å². The van der Waals surface area contributed by atoms with E-state index < -0.39 is 5.91 Å². The maximum Gasteiger partial charge on any atom is 0.260 e. The molecular formula is C21H18BrClN2O4. The predicted molar refractivity (Wildman–Crippen MR) is 114 cm³/mol. The van der Waals surface area contributed by atoms with Crippen molar-refractivity contribution in [1.29, 1.82) is 0 Å². The van der Waals surface area contributed by atoms with Gasteiger partial charge in [0.05, 0.1) is 12.1 Å². The van der Waals surface area contributed by atoms with Crippen molar-refractivity contribution >= 4 is 39.3 Å². The molecule has 0 saturated carbocycles. The Bertz CT molecular complexity index is 1030. The van der Waals surface area contributed by atoms with Crippen LogP contribution in [-0.4, -0.2) is 30.4 Å². The molecule has 1 heterocycles. The van der Waals surface area contributed by atoms with Gasteiger partial charge in [0.25, 0.3) is 11.8 Å². The molecule has 0 aliphatic carbocycles. The van der Waals surface area contributed by atoms with Crippen LogP contribution in [0.4, 0.5) is 0 Å². The third-order valence-electron chi connectivity index (χ3n) is 4.17. The van der Waals surface area contributed by atoms with E-state index in [0.717, 1.165) is 15.8 Å². The van der Waals surface area contributed by atoms with E-state index in [9.17, 15) is 9.59 Å². The zero-order valence-corrected chi connectivity index (χ0v) is 17.9. The smallest absolute Gasteiger partial charge is 0.260 e. The van der Waals surface area contributed by atoms with Crippen LogP contribution < -0.4 is 10.5 Å². The molecule has 0 aliphatic heterocycles. The highest BCUT2D eigenvalue weighted by atomic mass is 79.9. The van der Waals surface area contributed by atoms with Gasteiger partial charge < -0.3 is 19.8 Å². The van der Waals surface area contributed by atoms with Crippen LogP contribution in [-0.2, 0) is 11.3 Å². The normalized spacial score (nSPS) is 10.6. The average Bonchev–Trinajstić information content (AvgIpc) is 3.15. The molecule has 0 fully saturated rings. The van der Waals surface area contributed by atoms with Crippen molar-refractivity contribution in [1.82, 2.24) is 4.90 Å². The first-order valence-corrected chi connectivity index (χ1v) is 9.81. The maximum atomic E-state index is 12.4. The van der Waals surface area contributed by atoms with Crippen LogP contribution in [0.5, 0.6) is 5.75 Å². The average molecular weight is 478 g/mol. The summed E-state index contributed by atoms with van der Waals surface area (Å²) in [5.74, 6) is 0.607. The summed E-state index contributed by atoms with van der Waals surface area (Å²) in [6, 6.07) is 15.9. The van der Waals surface area contributed by atoms with Crippen molar-refractivity contribution in [2.45, 2.75) is 6.54 Å². The van der Waals surface area contributed by atoms with Crippen LogP contribution in [0.3, 0.4) is 0 Å². The van der Waals surface area contributed by atoms with E-state index in [4.69, 9.17) is 26.5 Å². The summed E-state index contributed by atoms with van der Waals surface area (Å²) < 4.78 is 12.3. The number of rotatable bonds is 7. The summed E-state index contributed by atoms with van der Waals surface area (Å²) in [6.45, 7) is 0.0285.